The second-order valence-corrected chi connectivity index (χ2v) is 15.8. The Balaban J connectivity index is 1.36. The molecule has 9 rings (SSSR count). The molecule has 3 heterocycles. The third-order valence-electron chi connectivity index (χ3n) is 11.7. The number of piperidine rings is 1. The van der Waals surface area contributed by atoms with Crippen LogP contribution in [-0.4, -0.2) is 31.4 Å². The van der Waals surface area contributed by atoms with Crippen molar-refractivity contribution >= 4 is 44.3 Å². The highest BCUT2D eigenvalue weighted by Crippen LogP contribution is 2.53. The third-order valence-corrected chi connectivity index (χ3v) is 11.7. The minimum absolute atomic E-state index is 0.596. The molecule has 1 saturated heterocycles. The average molecular weight is 727 g/mol. The summed E-state index contributed by atoms with van der Waals surface area (Å²) in [5.74, 6) is 3.78. The Morgan fingerprint density at radius 1 is 0.782 bits per heavy atom. The van der Waals surface area contributed by atoms with Crippen molar-refractivity contribution in [3.8, 4) is 22.9 Å². The van der Waals surface area contributed by atoms with Gasteiger partial charge in [0.2, 0.25) is 0 Å². The molecule has 0 N–H and O–H groups in total. The first kappa shape index (κ1) is 35.0. The van der Waals surface area contributed by atoms with E-state index in [0.717, 1.165) is 87.5 Å². The van der Waals surface area contributed by atoms with E-state index in [-0.39, 0.29) is 0 Å². The van der Waals surface area contributed by atoms with E-state index in [1.165, 1.54) is 28.3 Å². The zero-order valence-electron chi connectivity index (χ0n) is 32.6. The molecular formula is C50H50N2O3. The van der Waals surface area contributed by atoms with Crippen LogP contribution in [0.2, 0.25) is 0 Å². The van der Waals surface area contributed by atoms with E-state index in [9.17, 15) is 0 Å². The van der Waals surface area contributed by atoms with Crippen LogP contribution in [0, 0.1) is 18.8 Å². The highest BCUT2D eigenvalue weighted by atomic mass is 16.5. The smallest absolute Gasteiger partial charge is 0.178 e. The minimum Gasteiger partial charge on any atom is -0.495 e. The largest absolute Gasteiger partial charge is 0.495 e. The number of methoxy groups -OCH3 is 1. The van der Waals surface area contributed by atoms with Crippen molar-refractivity contribution < 1.29 is 14.2 Å². The highest BCUT2D eigenvalue weighted by molar-refractivity contribution is 6.26. The second-order valence-electron chi connectivity index (χ2n) is 15.8. The van der Waals surface area contributed by atoms with Crippen LogP contribution in [0.5, 0.6) is 17.2 Å². The van der Waals surface area contributed by atoms with Gasteiger partial charge in [-0.1, -0.05) is 100.0 Å². The summed E-state index contributed by atoms with van der Waals surface area (Å²) in [6.07, 6.45) is 7.92. The van der Waals surface area contributed by atoms with Gasteiger partial charge in [0.25, 0.3) is 0 Å². The third kappa shape index (κ3) is 6.01. The molecule has 5 heteroatoms. The Labute approximate surface area is 324 Å². The Morgan fingerprint density at radius 3 is 2.20 bits per heavy atom. The number of hydrogen-bond donors (Lipinski definition) is 0. The van der Waals surface area contributed by atoms with Crippen LogP contribution in [-0.2, 0) is 5.60 Å². The van der Waals surface area contributed by atoms with E-state index in [2.05, 4.69) is 165 Å². The molecule has 2 aliphatic heterocycles. The lowest BCUT2D eigenvalue weighted by molar-refractivity contribution is 0.163. The number of aromatic nitrogens is 1. The second kappa shape index (κ2) is 14.2. The summed E-state index contributed by atoms with van der Waals surface area (Å²) in [6.45, 7) is 11.8. The molecule has 1 fully saturated rings. The summed E-state index contributed by atoms with van der Waals surface area (Å²) in [6, 6.07) is 41.3. The van der Waals surface area contributed by atoms with E-state index in [1.54, 1.807) is 7.11 Å². The summed E-state index contributed by atoms with van der Waals surface area (Å²) < 4.78 is 22.5. The van der Waals surface area contributed by atoms with Crippen molar-refractivity contribution in [3.05, 3.63) is 144 Å². The molecule has 0 radical (unpaired) electrons. The summed E-state index contributed by atoms with van der Waals surface area (Å²) >= 11 is 0. The molecule has 0 amide bonds. The van der Waals surface area contributed by atoms with Gasteiger partial charge in [0.05, 0.1) is 30.4 Å². The van der Waals surface area contributed by atoms with Gasteiger partial charge in [0.1, 0.15) is 17.2 Å². The van der Waals surface area contributed by atoms with Gasteiger partial charge >= 0.3 is 0 Å². The van der Waals surface area contributed by atoms with Gasteiger partial charge in [-0.3, -0.25) is 0 Å². The van der Waals surface area contributed by atoms with Crippen molar-refractivity contribution in [1.82, 2.24) is 4.57 Å². The monoisotopic (exact) mass is 726 g/mol. The fraction of sp³-hybridized carbons (Fsp3) is 0.280. The number of hydrogen-bond acceptors (Lipinski definition) is 4. The molecule has 278 valence electrons. The standard InChI is InChI=1S/C50H50N2O3/c1-6-7-26-54-39-21-19-37(20-22-39)50(36-14-10-8-11-15-36)25-24-41-48-47(40-23-18-33(2)28-44(40)52(48)38-16-12-9-13-17-38)42-29-45(51-31-34(3)27-35(4)32-51)46(53-5)30-43(42)49(41)55-50/h8-25,28-30,34-35H,6-7,26-27,31-32H2,1-5H3. The van der Waals surface area contributed by atoms with Gasteiger partial charge < -0.3 is 23.7 Å². The van der Waals surface area contributed by atoms with Crippen LogP contribution >= 0.6 is 0 Å². The average Bonchev–Trinajstić information content (AvgIpc) is 3.55. The topological polar surface area (TPSA) is 35.9 Å². The van der Waals surface area contributed by atoms with Crippen molar-refractivity contribution in [2.45, 2.75) is 52.6 Å². The van der Waals surface area contributed by atoms with E-state index in [0.29, 0.717) is 18.4 Å². The van der Waals surface area contributed by atoms with Crippen LogP contribution < -0.4 is 19.1 Å². The molecule has 3 atom stereocenters. The Hall–Kier alpha value is -5.68. The molecule has 0 spiro atoms. The molecule has 3 unspecified atom stereocenters. The van der Waals surface area contributed by atoms with E-state index in [4.69, 9.17) is 14.2 Å². The maximum Gasteiger partial charge on any atom is 0.178 e. The molecule has 0 bridgehead atoms. The maximum absolute atomic E-state index is 7.67. The number of unbranched alkanes of at least 4 members (excludes halogenated alkanes) is 1. The predicted octanol–water partition coefficient (Wildman–Crippen LogP) is 12.3. The molecule has 5 nitrogen and oxygen atoms in total. The fourth-order valence-electron chi connectivity index (χ4n) is 9.21. The number of para-hydroxylation sites is 1. The first-order valence-electron chi connectivity index (χ1n) is 20.0. The number of benzene rings is 6. The first-order chi connectivity index (χ1) is 26.9. The Bertz CT molecular complexity index is 2530. The van der Waals surface area contributed by atoms with Crippen molar-refractivity contribution in [2.24, 2.45) is 11.8 Å². The van der Waals surface area contributed by atoms with Crippen LogP contribution in [0.15, 0.2) is 121 Å². The van der Waals surface area contributed by atoms with Crippen molar-refractivity contribution in [1.29, 1.82) is 0 Å². The highest BCUT2D eigenvalue weighted by Gasteiger charge is 2.39. The molecule has 0 saturated carbocycles. The lowest BCUT2D eigenvalue weighted by atomic mass is 9.82. The van der Waals surface area contributed by atoms with E-state index >= 15 is 0 Å². The summed E-state index contributed by atoms with van der Waals surface area (Å²) in [7, 11) is 1.80. The quantitative estimate of drug-likeness (QED) is 0.139. The van der Waals surface area contributed by atoms with Crippen molar-refractivity contribution in [3.63, 3.8) is 0 Å². The minimum atomic E-state index is -0.888. The predicted molar refractivity (Wildman–Crippen MR) is 228 cm³/mol. The number of rotatable bonds is 9. The normalized spacial score (nSPS) is 19.5. The molecule has 7 aromatic rings. The summed E-state index contributed by atoms with van der Waals surface area (Å²) in [4.78, 5) is 2.54. The SMILES string of the molecule is CCCCOc1ccc(C2(c3ccccc3)C=Cc3c(c4cc(OC)c(N5CC(C)CC(C)C5)cc4c4c5ccc(C)cc5n(-c5ccccc5)c34)O2)cc1. The molecule has 55 heavy (non-hydrogen) atoms. The van der Waals surface area contributed by atoms with Crippen LogP contribution in [0.4, 0.5) is 5.69 Å². The lowest BCUT2D eigenvalue weighted by Gasteiger charge is -2.38. The van der Waals surface area contributed by atoms with Gasteiger partial charge in [-0.25, -0.2) is 0 Å². The van der Waals surface area contributed by atoms with Gasteiger partial charge in [0, 0.05) is 51.6 Å². The first-order valence-corrected chi connectivity index (χ1v) is 20.0. The number of aryl methyl sites for hydroxylation is 1. The van der Waals surface area contributed by atoms with Gasteiger partial charge in [0.15, 0.2) is 5.60 Å². The van der Waals surface area contributed by atoms with Crippen molar-refractivity contribution in [2.75, 3.05) is 31.7 Å². The van der Waals surface area contributed by atoms with Gasteiger partial charge in [-0.05, 0) is 97.2 Å². The number of anilines is 1. The maximum atomic E-state index is 7.67. The zero-order chi connectivity index (χ0) is 37.7. The van der Waals surface area contributed by atoms with Gasteiger partial charge in [-0.2, -0.15) is 0 Å². The Morgan fingerprint density at radius 2 is 1.49 bits per heavy atom. The lowest BCUT2D eigenvalue weighted by Crippen LogP contribution is -2.38. The Kier molecular flexibility index (Phi) is 9.04. The fourth-order valence-corrected chi connectivity index (χ4v) is 9.21. The molecule has 1 aromatic heterocycles. The molecule has 2 aliphatic rings. The van der Waals surface area contributed by atoms with Crippen LogP contribution in [0.3, 0.4) is 0 Å². The zero-order valence-corrected chi connectivity index (χ0v) is 32.6. The molecule has 6 aromatic carbocycles. The number of ether oxygens (including phenoxy) is 3. The summed E-state index contributed by atoms with van der Waals surface area (Å²) in [5, 5.41) is 4.65. The number of fused-ring (bicyclic) bond motifs is 8. The van der Waals surface area contributed by atoms with E-state index in [1.807, 2.05) is 0 Å². The summed E-state index contributed by atoms with van der Waals surface area (Å²) in [5.41, 5.74) is 8.07. The molecule has 0 aliphatic carbocycles. The van der Waals surface area contributed by atoms with Gasteiger partial charge in [-0.15, -0.1) is 0 Å². The van der Waals surface area contributed by atoms with Crippen LogP contribution in [0.25, 0.3) is 44.3 Å². The number of nitrogens with zero attached hydrogens (tertiary/aromatic N) is 2. The molecular weight excluding hydrogens is 677 g/mol. The van der Waals surface area contributed by atoms with E-state index < -0.39 is 5.60 Å². The van der Waals surface area contributed by atoms with Crippen LogP contribution in [0.1, 0.15) is 62.3 Å².